The first-order valence-electron chi connectivity index (χ1n) is 7.68. The van der Waals surface area contributed by atoms with Crippen molar-refractivity contribution in [3.8, 4) is 22.5 Å². The van der Waals surface area contributed by atoms with Crippen LogP contribution < -0.4 is 0 Å². The van der Waals surface area contributed by atoms with Gasteiger partial charge in [-0.25, -0.2) is 13.8 Å². The fourth-order valence-electron chi connectivity index (χ4n) is 2.56. The summed E-state index contributed by atoms with van der Waals surface area (Å²) < 4.78 is 104. The van der Waals surface area contributed by atoms with Crippen molar-refractivity contribution in [2.24, 2.45) is 0 Å². The minimum absolute atomic E-state index is 0.0131. The van der Waals surface area contributed by atoms with E-state index in [1.54, 1.807) is 0 Å². The molecule has 0 saturated carbocycles. The lowest BCUT2D eigenvalue weighted by atomic mass is 10.0. The number of pyridine rings is 1. The van der Waals surface area contributed by atoms with E-state index in [2.05, 4.69) is 4.98 Å². The Kier molecular flexibility index (Phi) is 4.86. The van der Waals surface area contributed by atoms with Crippen LogP contribution in [0, 0.1) is 11.6 Å². The Labute approximate surface area is 153 Å². The summed E-state index contributed by atoms with van der Waals surface area (Å²) >= 11 is 0. The van der Waals surface area contributed by atoms with E-state index >= 15 is 0 Å². The second kappa shape index (κ2) is 6.88. The number of hydrogen-bond donors (Lipinski definition) is 0. The van der Waals surface area contributed by atoms with Crippen molar-refractivity contribution in [3.63, 3.8) is 0 Å². The number of benzene rings is 2. The monoisotopic (exact) mass is 403 g/mol. The maximum absolute atomic E-state index is 13.4. The molecule has 0 aliphatic heterocycles. The van der Waals surface area contributed by atoms with Crippen molar-refractivity contribution in [2.75, 3.05) is 0 Å². The molecule has 9 heteroatoms. The smallest absolute Gasteiger partial charge is 0.248 e. The maximum Gasteiger partial charge on any atom is 0.419 e. The van der Waals surface area contributed by atoms with Crippen LogP contribution >= 0.6 is 0 Å². The Morgan fingerprint density at radius 3 is 1.32 bits per heavy atom. The van der Waals surface area contributed by atoms with Gasteiger partial charge in [0.25, 0.3) is 0 Å². The van der Waals surface area contributed by atoms with Crippen molar-refractivity contribution in [2.45, 2.75) is 12.4 Å². The van der Waals surface area contributed by atoms with Crippen LogP contribution in [0.2, 0.25) is 0 Å². The zero-order valence-corrected chi connectivity index (χ0v) is 13.7. The van der Waals surface area contributed by atoms with E-state index in [9.17, 15) is 35.1 Å². The minimum atomic E-state index is -4.92. The van der Waals surface area contributed by atoms with Gasteiger partial charge in [-0.15, -0.1) is 0 Å². The van der Waals surface area contributed by atoms with Crippen molar-refractivity contribution in [1.29, 1.82) is 0 Å². The molecule has 146 valence electrons. The van der Waals surface area contributed by atoms with Crippen LogP contribution in [0.3, 0.4) is 0 Å². The number of hydrogen-bond acceptors (Lipinski definition) is 1. The van der Waals surface area contributed by atoms with Gasteiger partial charge in [0.2, 0.25) is 0 Å². The van der Waals surface area contributed by atoms with E-state index in [1.807, 2.05) is 0 Å². The minimum Gasteiger partial charge on any atom is -0.248 e. The van der Waals surface area contributed by atoms with Gasteiger partial charge in [0.1, 0.15) is 11.6 Å². The Hall–Kier alpha value is -2.97. The molecular weight excluding hydrogens is 394 g/mol. The van der Waals surface area contributed by atoms with Crippen molar-refractivity contribution in [3.05, 3.63) is 77.4 Å². The average Bonchev–Trinajstić information content (AvgIpc) is 2.60. The molecule has 2 aromatic carbocycles. The van der Waals surface area contributed by atoms with Gasteiger partial charge in [0.05, 0.1) is 22.5 Å². The molecule has 3 aromatic rings. The van der Waals surface area contributed by atoms with Crippen LogP contribution in [-0.2, 0) is 12.4 Å². The molecule has 0 aliphatic rings. The Morgan fingerprint density at radius 2 is 0.964 bits per heavy atom. The zero-order chi connectivity index (χ0) is 20.7. The zero-order valence-electron chi connectivity index (χ0n) is 13.7. The molecule has 0 saturated heterocycles. The SMILES string of the molecule is Fc1ccc(-c2cccc(-c3ccc(F)c(C(F)(F)F)c3)n2)cc1C(F)(F)F. The molecule has 0 aliphatic carbocycles. The highest BCUT2D eigenvalue weighted by molar-refractivity contribution is 5.67. The van der Waals surface area contributed by atoms with Gasteiger partial charge in [-0.2, -0.15) is 26.3 Å². The second-order valence-corrected chi connectivity index (χ2v) is 5.79. The molecule has 1 heterocycles. The standard InChI is InChI=1S/C19H9F8N/c20-14-6-4-10(8-12(14)18(22,23)24)16-2-1-3-17(28-16)11-5-7-15(21)13(9-11)19(25,26)27/h1-9H. The highest BCUT2D eigenvalue weighted by atomic mass is 19.4. The number of aromatic nitrogens is 1. The fourth-order valence-corrected chi connectivity index (χ4v) is 2.56. The summed E-state index contributed by atoms with van der Waals surface area (Å²) in [6.45, 7) is 0. The topological polar surface area (TPSA) is 12.9 Å². The number of nitrogens with zero attached hydrogens (tertiary/aromatic N) is 1. The Morgan fingerprint density at radius 1 is 0.571 bits per heavy atom. The average molecular weight is 403 g/mol. The van der Waals surface area contributed by atoms with Crippen LogP contribution in [0.5, 0.6) is 0 Å². The van der Waals surface area contributed by atoms with Crippen LogP contribution in [0.1, 0.15) is 11.1 Å². The summed E-state index contributed by atoms with van der Waals surface area (Å²) in [6.07, 6.45) is -9.84. The van der Waals surface area contributed by atoms with E-state index in [0.717, 1.165) is 12.1 Å². The van der Waals surface area contributed by atoms with Gasteiger partial charge in [-0.05, 0) is 48.5 Å². The first kappa shape index (κ1) is 19.8. The molecule has 0 fully saturated rings. The molecule has 1 nitrogen and oxygen atoms in total. The highest BCUT2D eigenvalue weighted by Gasteiger charge is 2.35. The maximum atomic E-state index is 13.4. The predicted molar refractivity (Wildman–Crippen MR) is 85.0 cm³/mol. The largest absolute Gasteiger partial charge is 0.419 e. The number of halogens is 8. The van der Waals surface area contributed by atoms with E-state index in [1.165, 1.54) is 18.2 Å². The summed E-state index contributed by atoms with van der Waals surface area (Å²) in [6, 6.07) is 8.55. The molecule has 0 N–H and O–H groups in total. The van der Waals surface area contributed by atoms with Crippen molar-refractivity contribution in [1.82, 2.24) is 4.98 Å². The van der Waals surface area contributed by atoms with E-state index in [-0.39, 0.29) is 22.5 Å². The first-order chi connectivity index (χ1) is 13.0. The molecule has 28 heavy (non-hydrogen) atoms. The Balaban J connectivity index is 2.08. The van der Waals surface area contributed by atoms with Crippen LogP contribution in [0.15, 0.2) is 54.6 Å². The van der Waals surface area contributed by atoms with Crippen LogP contribution in [-0.4, -0.2) is 4.98 Å². The van der Waals surface area contributed by atoms with Gasteiger partial charge in [0.15, 0.2) is 0 Å². The number of rotatable bonds is 2. The lowest BCUT2D eigenvalue weighted by molar-refractivity contribution is -0.140. The van der Waals surface area contributed by atoms with E-state index in [0.29, 0.717) is 24.3 Å². The predicted octanol–water partition coefficient (Wildman–Crippen LogP) is 6.73. The quantitative estimate of drug-likeness (QED) is 0.432. The Bertz CT molecular complexity index is 942. The van der Waals surface area contributed by atoms with Gasteiger partial charge < -0.3 is 0 Å². The third-order valence-electron chi connectivity index (χ3n) is 3.88. The summed E-state index contributed by atoms with van der Waals surface area (Å²) in [5.41, 5.74) is -3.15. The number of alkyl halides is 6. The molecule has 0 atom stereocenters. The molecule has 0 radical (unpaired) electrons. The summed E-state index contributed by atoms with van der Waals surface area (Å²) in [4.78, 5) is 4.04. The lowest BCUT2D eigenvalue weighted by Gasteiger charge is -2.12. The summed E-state index contributed by atoms with van der Waals surface area (Å²) in [5.74, 6) is -2.92. The molecule has 3 rings (SSSR count). The van der Waals surface area contributed by atoms with Crippen LogP contribution in [0.25, 0.3) is 22.5 Å². The summed E-state index contributed by atoms with van der Waals surface area (Å²) in [7, 11) is 0. The first-order valence-corrected chi connectivity index (χ1v) is 7.68. The van der Waals surface area contributed by atoms with Gasteiger partial charge in [-0.1, -0.05) is 6.07 Å². The molecule has 1 aromatic heterocycles. The van der Waals surface area contributed by atoms with Crippen molar-refractivity contribution < 1.29 is 35.1 Å². The van der Waals surface area contributed by atoms with E-state index < -0.39 is 35.1 Å². The molecule has 0 amide bonds. The van der Waals surface area contributed by atoms with E-state index in [4.69, 9.17) is 0 Å². The molecule has 0 bridgehead atoms. The molecular formula is C19H9F8N. The normalized spacial score (nSPS) is 12.3. The lowest BCUT2D eigenvalue weighted by Crippen LogP contribution is -2.08. The highest BCUT2D eigenvalue weighted by Crippen LogP contribution is 2.36. The van der Waals surface area contributed by atoms with Gasteiger partial charge >= 0.3 is 12.4 Å². The van der Waals surface area contributed by atoms with Gasteiger partial charge in [0, 0.05) is 11.1 Å². The third kappa shape index (κ3) is 3.97. The van der Waals surface area contributed by atoms with Crippen LogP contribution in [0.4, 0.5) is 35.1 Å². The summed E-state index contributed by atoms with van der Waals surface area (Å²) in [5, 5.41) is 0. The fraction of sp³-hybridized carbons (Fsp3) is 0.105. The van der Waals surface area contributed by atoms with Crippen molar-refractivity contribution >= 4 is 0 Å². The molecule has 0 unspecified atom stereocenters. The molecule has 0 spiro atoms. The third-order valence-corrected chi connectivity index (χ3v) is 3.88. The second-order valence-electron chi connectivity index (χ2n) is 5.79. The van der Waals surface area contributed by atoms with Gasteiger partial charge in [-0.3, -0.25) is 0 Å².